The summed E-state index contributed by atoms with van der Waals surface area (Å²) in [5.41, 5.74) is 0. The van der Waals surface area contributed by atoms with Crippen molar-refractivity contribution >= 4 is 11.9 Å². The van der Waals surface area contributed by atoms with Crippen LogP contribution in [0.25, 0.3) is 0 Å². The van der Waals surface area contributed by atoms with Crippen LogP contribution >= 0.6 is 0 Å². The molecule has 0 aliphatic carbocycles. The highest BCUT2D eigenvalue weighted by Gasteiger charge is 2.17. The van der Waals surface area contributed by atoms with Gasteiger partial charge in [-0.15, -0.1) is 0 Å². The minimum absolute atomic E-state index is 0.0801. The van der Waals surface area contributed by atoms with E-state index in [1.54, 1.807) is 0 Å². The first kappa shape index (κ1) is 55.9. The number of carbonyl (C=O) groups excluding carboxylic acids is 2. The number of hydrogen-bond acceptors (Lipinski definition) is 5. The third kappa shape index (κ3) is 46.5. The van der Waals surface area contributed by atoms with Crippen LogP contribution in [0.2, 0.25) is 0 Å². The Labute approximate surface area is 361 Å². The van der Waals surface area contributed by atoms with E-state index in [-0.39, 0.29) is 25.2 Å². The molecule has 0 radical (unpaired) electrons. The predicted molar refractivity (Wildman–Crippen MR) is 251 cm³/mol. The van der Waals surface area contributed by atoms with E-state index in [0.717, 1.165) is 70.6 Å². The first-order valence-corrected chi connectivity index (χ1v) is 25.2. The Morgan fingerprint density at radius 3 is 1.26 bits per heavy atom. The second-order valence-electron chi connectivity index (χ2n) is 16.7. The van der Waals surface area contributed by atoms with Gasteiger partial charge in [-0.25, -0.2) is 0 Å². The second kappa shape index (κ2) is 49.2. The van der Waals surface area contributed by atoms with Gasteiger partial charge in [-0.1, -0.05) is 211 Å². The maximum Gasteiger partial charge on any atom is 0.306 e. The lowest BCUT2D eigenvalue weighted by Crippen LogP contribution is -2.30. The SMILES string of the molecule is CC/C=C\C/C=C\C/C=C\CCCCCCCCCC(=O)OCC(COCCCCCCCC/C=C\CCCCCCCC)OC(=O)CCCCCCCCCCC. The summed E-state index contributed by atoms with van der Waals surface area (Å²) in [4.78, 5) is 25.3. The Hall–Kier alpha value is -2.14. The normalized spacial score (nSPS) is 12.5. The van der Waals surface area contributed by atoms with E-state index in [2.05, 4.69) is 69.4 Å². The molecule has 0 rings (SSSR count). The molecule has 0 amide bonds. The van der Waals surface area contributed by atoms with E-state index in [1.807, 2.05) is 0 Å². The number of unbranched alkanes of at least 4 members (excludes halogenated alkanes) is 27. The van der Waals surface area contributed by atoms with E-state index >= 15 is 0 Å². The molecular formula is C53H96O5. The van der Waals surface area contributed by atoms with E-state index in [1.165, 1.54) is 148 Å². The van der Waals surface area contributed by atoms with Crippen molar-refractivity contribution < 1.29 is 23.8 Å². The van der Waals surface area contributed by atoms with Crippen LogP contribution in [0.4, 0.5) is 0 Å². The van der Waals surface area contributed by atoms with Crippen LogP contribution in [0.15, 0.2) is 48.6 Å². The van der Waals surface area contributed by atoms with Gasteiger partial charge < -0.3 is 14.2 Å². The van der Waals surface area contributed by atoms with Gasteiger partial charge in [-0.3, -0.25) is 9.59 Å². The van der Waals surface area contributed by atoms with Crippen LogP contribution in [0, 0.1) is 0 Å². The average molecular weight is 813 g/mol. The van der Waals surface area contributed by atoms with Crippen molar-refractivity contribution in [3.63, 3.8) is 0 Å². The van der Waals surface area contributed by atoms with Gasteiger partial charge in [-0.05, 0) is 77.0 Å². The summed E-state index contributed by atoms with van der Waals surface area (Å²) in [6, 6.07) is 0. The Kier molecular flexibility index (Phi) is 47.4. The molecule has 0 aromatic rings. The lowest BCUT2D eigenvalue weighted by Gasteiger charge is -2.18. The van der Waals surface area contributed by atoms with Crippen LogP contribution in [-0.4, -0.2) is 37.9 Å². The number of esters is 2. The maximum absolute atomic E-state index is 12.7. The van der Waals surface area contributed by atoms with Crippen molar-refractivity contribution in [3.8, 4) is 0 Å². The highest BCUT2D eigenvalue weighted by Crippen LogP contribution is 2.14. The van der Waals surface area contributed by atoms with Gasteiger partial charge in [0, 0.05) is 19.4 Å². The molecular weight excluding hydrogens is 717 g/mol. The van der Waals surface area contributed by atoms with E-state index in [0.29, 0.717) is 19.4 Å². The molecule has 0 saturated heterocycles. The Bertz CT molecular complexity index is 966. The van der Waals surface area contributed by atoms with Crippen LogP contribution < -0.4 is 0 Å². The maximum atomic E-state index is 12.7. The molecule has 0 spiro atoms. The van der Waals surface area contributed by atoms with Crippen molar-refractivity contribution in [2.75, 3.05) is 19.8 Å². The summed E-state index contributed by atoms with van der Waals surface area (Å²) in [7, 11) is 0. The van der Waals surface area contributed by atoms with Crippen LogP contribution in [0.1, 0.15) is 252 Å². The standard InChI is InChI=1S/C53H96O5/c1-4-7-10-13-16-19-21-23-25-27-28-30-32-35-37-40-43-46-52(54)57-50-51(58-53(55)47-44-41-38-34-18-15-12-9-6-3)49-56-48-45-42-39-36-33-31-29-26-24-22-20-17-14-11-8-5-2/h7,10,16,19,23-26,51H,4-6,8-9,11-15,17-18,20-22,27-50H2,1-3H3/b10-7-,19-16-,25-23-,26-24-. The van der Waals surface area contributed by atoms with Gasteiger partial charge in [0.05, 0.1) is 6.61 Å². The molecule has 5 heteroatoms. The smallest absolute Gasteiger partial charge is 0.306 e. The lowest BCUT2D eigenvalue weighted by molar-refractivity contribution is -0.163. The van der Waals surface area contributed by atoms with E-state index in [4.69, 9.17) is 14.2 Å². The third-order valence-corrected chi connectivity index (χ3v) is 10.8. The Morgan fingerprint density at radius 1 is 0.397 bits per heavy atom. The molecule has 1 atom stereocenters. The quantitative estimate of drug-likeness (QED) is 0.0348. The minimum Gasteiger partial charge on any atom is -0.462 e. The summed E-state index contributed by atoms with van der Waals surface area (Å²) in [6.45, 7) is 7.70. The van der Waals surface area contributed by atoms with Gasteiger partial charge in [-0.2, -0.15) is 0 Å². The monoisotopic (exact) mass is 813 g/mol. The van der Waals surface area contributed by atoms with Crippen LogP contribution in [0.5, 0.6) is 0 Å². The van der Waals surface area contributed by atoms with E-state index < -0.39 is 6.10 Å². The average Bonchev–Trinajstić information content (AvgIpc) is 3.22. The zero-order chi connectivity index (χ0) is 42.1. The number of hydrogen-bond donors (Lipinski definition) is 0. The fraction of sp³-hybridized carbons (Fsp3) is 0.811. The van der Waals surface area contributed by atoms with Crippen molar-refractivity contribution in [1.82, 2.24) is 0 Å². The first-order valence-electron chi connectivity index (χ1n) is 25.2. The fourth-order valence-corrected chi connectivity index (χ4v) is 7.11. The summed E-state index contributed by atoms with van der Waals surface area (Å²) < 4.78 is 17.4. The highest BCUT2D eigenvalue weighted by atomic mass is 16.6. The molecule has 338 valence electrons. The zero-order valence-corrected chi connectivity index (χ0v) is 38.8. The second-order valence-corrected chi connectivity index (χ2v) is 16.7. The molecule has 0 aromatic carbocycles. The third-order valence-electron chi connectivity index (χ3n) is 10.8. The van der Waals surface area contributed by atoms with Crippen molar-refractivity contribution in [2.45, 2.75) is 258 Å². The molecule has 0 aliphatic rings. The molecule has 1 unspecified atom stereocenters. The first-order chi connectivity index (χ1) is 28.6. The summed E-state index contributed by atoms with van der Waals surface area (Å²) in [5.74, 6) is -0.406. The molecule has 0 bridgehead atoms. The summed E-state index contributed by atoms with van der Waals surface area (Å²) >= 11 is 0. The summed E-state index contributed by atoms with van der Waals surface area (Å²) in [6.07, 6.45) is 59.7. The summed E-state index contributed by atoms with van der Waals surface area (Å²) in [5, 5.41) is 0. The lowest BCUT2D eigenvalue weighted by atomic mass is 10.1. The predicted octanol–water partition coefficient (Wildman–Crippen LogP) is 16.8. The van der Waals surface area contributed by atoms with Gasteiger partial charge in [0.1, 0.15) is 6.61 Å². The zero-order valence-electron chi connectivity index (χ0n) is 38.8. The molecule has 58 heavy (non-hydrogen) atoms. The van der Waals surface area contributed by atoms with E-state index in [9.17, 15) is 9.59 Å². The number of rotatable bonds is 46. The number of ether oxygens (including phenoxy) is 3. The molecule has 0 saturated carbocycles. The molecule has 0 N–H and O–H groups in total. The van der Waals surface area contributed by atoms with Crippen LogP contribution in [0.3, 0.4) is 0 Å². The Morgan fingerprint density at radius 2 is 0.776 bits per heavy atom. The fourth-order valence-electron chi connectivity index (χ4n) is 7.11. The van der Waals surface area contributed by atoms with Gasteiger partial charge >= 0.3 is 11.9 Å². The van der Waals surface area contributed by atoms with Gasteiger partial charge in [0.25, 0.3) is 0 Å². The number of allylic oxidation sites excluding steroid dienone is 8. The molecule has 5 nitrogen and oxygen atoms in total. The van der Waals surface area contributed by atoms with Crippen LogP contribution in [-0.2, 0) is 23.8 Å². The molecule has 0 heterocycles. The van der Waals surface area contributed by atoms with Gasteiger partial charge in [0.2, 0.25) is 0 Å². The van der Waals surface area contributed by atoms with Gasteiger partial charge in [0.15, 0.2) is 6.10 Å². The minimum atomic E-state index is -0.539. The van der Waals surface area contributed by atoms with Crippen molar-refractivity contribution in [3.05, 3.63) is 48.6 Å². The highest BCUT2D eigenvalue weighted by molar-refractivity contribution is 5.70. The molecule has 0 aromatic heterocycles. The topological polar surface area (TPSA) is 61.8 Å². The molecule has 0 fully saturated rings. The largest absolute Gasteiger partial charge is 0.462 e. The number of carbonyl (C=O) groups is 2. The van der Waals surface area contributed by atoms with Crippen molar-refractivity contribution in [1.29, 1.82) is 0 Å². The Balaban J connectivity index is 4.20. The van der Waals surface area contributed by atoms with Crippen molar-refractivity contribution in [2.24, 2.45) is 0 Å². The molecule has 0 aliphatic heterocycles.